The fourth-order valence-corrected chi connectivity index (χ4v) is 3.18. The largest absolute Gasteiger partial charge is 0.369 e. The molecule has 6 nitrogen and oxygen atoms in total. The number of pyridine rings is 1. The summed E-state index contributed by atoms with van der Waals surface area (Å²) < 4.78 is 2.55. The molecule has 1 aliphatic heterocycles. The van der Waals surface area contributed by atoms with Crippen molar-refractivity contribution in [2.24, 2.45) is 11.1 Å². The van der Waals surface area contributed by atoms with Gasteiger partial charge in [-0.05, 0) is 35.3 Å². The first kappa shape index (κ1) is 14.1. The predicted octanol–water partition coefficient (Wildman–Crippen LogP) is 1.43. The van der Waals surface area contributed by atoms with E-state index in [1.165, 1.54) is 0 Å². The number of carbonyl (C=O) groups excluding carboxylic acids is 2. The summed E-state index contributed by atoms with van der Waals surface area (Å²) in [5.74, 6) is -0.458. The molecule has 0 bridgehead atoms. The number of halogens is 1. The van der Waals surface area contributed by atoms with E-state index in [2.05, 4.69) is 20.9 Å². The van der Waals surface area contributed by atoms with E-state index in [1.54, 1.807) is 40.9 Å². The Morgan fingerprint density at radius 2 is 2.24 bits per heavy atom. The van der Waals surface area contributed by atoms with Crippen LogP contribution in [0.15, 0.2) is 29.1 Å². The molecule has 1 saturated heterocycles. The summed E-state index contributed by atoms with van der Waals surface area (Å²) in [6.45, 7) is 2.70. The molecule has 0 spiro atoms. The Labute approximate surface area is 130 Å². The van der Waals surface area contributed by atoms with Gasteiger partial charge in [-0.15, -0.1) is 0 Å². The molecule has 0 saturated carbocycles. The molecule has 3 rings (SSSR count). The number of aromatic nitrogens is 2. The topological polar surface area (TPSA) is 80.7 Å². The fourth-order valence-electron chi connectivity index (χ4n) is 2.63. The minimum absolute atomic E-state index is 0.101. The van der Waals surface area contributed by atoms with Gasteiger partial charge in [-0.25, -0.2) is 4.98 Å². The number of rotatable bonds is 2. The highest BCUT2D eigenvalue weighted by Crippen LogP contribution is 2.30. The predicted molar refractivity (Wildman–Crippen MR) is 80.7 cm³/mol. The van der Waals surface area contributed by atoms with Crippen LogP contribution in [0.25, 0.3) is 5.65 Å². The second-order valence-corrected chi connectivity index (χ2v) is 6.49. The minimum Gasteiger partial charge on any atom is -0.369 e. The number of imidazole rings is 1. The van der Waals surface area contributed by atoms with Crippen molar-refractivity contribution in [1.82, 2.24) is 14.3 Å². The molecule has 1 atom stereocenters. The van der Waals surface area contributed by atoms with Crippen molar-refractivity contribution in [3.63, 3.8) is 0 Å². The smallest absolute Gasteiger partial charge is 0.255 e. The van der Waals surface area contributed by atoms with E-state index in [0.29, 0.717) is 25.1 Å². The second-order valence-electron chi connectivity index (χ2n) is 5.64. The standard InChI is InChI=1S/C14H15BrN4O2/c1-14(13(16)21)2-4-19(8-14)12(20)9-6-10(15)11-17-3-5-18(11)7-9/h3,5-7H,2,4,8H2,1H3,(H2,16,21). The van der Waals surface area contributed by atoms with E-state index in [1.807, 2.05) is 0 Å². The Kier molecular flexibility index (Phi) is 3.24. The van der Waals surface area contributed by atoms with Crippen LogP contribution in [0.2, 0.25) is 0 Å². The monoisotopic (exact) mass is 350 g/mol. The van der Waals surface area contributed by atoms with Crippen LogP contribution in [0, 0.1) is 5.41 Å². The molecule has 1 unspecified atom stereocenters. The van der Waals surface area contributed by atoms with Gasteiger partial charge in [-0.2, -0.15) is 0 Å². The summed E-state index contributed by atoms with van der Waals surface area (Å²) in [5, 5.41) is 0. The number of nitrogens with two attached hydrogens (primary N) is 1. The van der Waals surface area contributed by atoms with Crippen LogP contribution in [0.1, 0.15) is 23.7 Å². The van der Waals surface area contributed by atoms with Gasteiger partial charge in [0.1, 0.15) is 0 Å². The Hall–Kier alpha value is -1.89. The normalized spacial score (nSPS) is 21.9. The number of nitrogens with zero attached hydrogens (tertiary/aromatic N) is 3. The van der Waals surface area contributed by atoms with Crippen LogP contribution in [0.5, 0.6) is 0 Å². The molecule has 3 heterocycles. The van der Waals surface area contributed by atoms with Crippen molar-refractivity contribution >= 4 is 33.4 Å². The second kappa shape index (κ2) is 4.84. The molecular formula is C14H15BrN4O2. The summed E-state index contributed by atoms with van der Waals surface area (Å²) in [5.41, 5.74) is 6.10. The van der Waals surface area contributed by atoms with Crippen molar-refractivity contribution in [3.8, 4) is 0 Å². The zero-order valence-corrected chi connectivity index (χ0v) is 13.1. The number of hydrogen-bond donors (Lipinski definition) is 1. The molecule has 2 aromatic rings. The molecule has 7 heteroatoms. The Morgan fingerprint density at radius 1 is 1.48 bits per heavy atom. The molecule has 1 fully saturated rings. The summed E-state index contributed by atoms with van der Waals surface area (Å²) in [4.78, 5) is 29.9. The Bertz CT molecular complexity index is 742. The van der Waals surface area contributed by atoms with E-state index in [0.717, 1.165) is 10.1 Å². The van der Waals surface area contributed by atoms with Crippen molar-refractivity contribution in [2.45, 2.75) is 13.3 Å². The summed E-state index contributed by atoms with van der Waals surface area (Å²) in [6.07, 6.45) is 5.81. The number of fused-ring (bicyclic) bond motifs is 1. The third kappa shape index (κ3) is 2.31. The van der Waals surface area contributed by atoms with E-state index in [9.17, 15) is 9.59 Å². The van der Waals surface area contributed by atoms with E-state index >= 15 is 0 Å². The van der Waals surface area contributed by atoms with Gasteiger partial charge in [0.25, 0.3) is 5.91 Å². The van der Waals surface area contributed by atoms with Crippen molar-refractivity contribution in [1.29, 1.82) is 0 Å². The summed E-state index contributed by atoms with van der Waals surface area (Å²) in [7, 11) is 0. The van der Waals surface area contributed by atoms with Gasteiger partial charge in [0.15, 0.2) is 5.65 Å². The van der Waals surface area contributed by atoms with Crippen molar-refractivity contribution in [2.75, 3.05) is 13.1 Å². The maximum atomic E-state index is 12.6. The number of hydrogen-bond acceptors (Lipinski definition) is 3. The first-order valence-electron chi connectivity index (χ1n) is 6.62. The molecule has 0 aromatic carbocycles. The maximum absolute atomic E-state index is 12.6. The highest BCUT2D eigenvalue weighted by atomic mass is 79.9. The highest BCUT2D eigenvalue weighted by molar-refractivity contribution is 9.10. The quantitative estimate of drug-likeness (QED) is 0.889. The molecule has 2 aromatic heterocycles. The lowest BCUT2D eigenvalue weighted by Crippen LogP contribution is -2.38. The maximum Gasteiger partial charge on any atom is 0.255 e. The van der Waals surface area contributed by atoms with Gasteiger partial charge in [-0.1, -0.05) is 0 Å². The third-order valence-electron chi connectivity index (χ3n) is 4.05. The van der Waals surface area contributed by atoms with Crippen LogP contribution < -0.4 is 5.73 Å². The molecule has 2 amide bonds. The third-order valence-corrected chi connectivity index (χ3v) is 4.63. The van der Waals surface area contributed by atoms with Crippen molar-refractivity contribution in [3.05, 3.63) is 34.7 Å². The zero-order chi connectivity index (χ0) is 15.2. The lowest BCUT2D eigenvalue weighted by Gasteiger charge is -2.21. The van der Waals surface area contributed by atoms with E-state index in [4.69, 9.17) is 5.73 Å². The average molecular weight is 351 g/mol. The Balaban J connectivity index is 1.89. The molecule has 0 aliphatic carbocycles. The lowest BCUT2D eigenvalue weighted by atomic mass is 9.89. The number of primary amides is 1. The van der Waals surface area contributed by atoms with Crippen LogP contribution in [-0.4, -0.2) is 39.2 Å². The number of carbonyl (C=O) groups is 2. The van der Waals surface area contributed by atoms with E-state index in [-0.39, 0.29) is 11.8 Å². The Morgan fingerprint density at radius 3 is 2.90 bits per heavy atom. The highest BCUT2D eigenvalue weighted by Gasteiger charge is 2.40. The first-order valence-corrected chi connectivity index (χ1v) is 7.41. The first-order chi connectivity index (χ1) is 9.90. The van der Waals surface area contributed by atoms with Crippen LogP contribution in [0.3, 0.4) is 0 Å². The van der Waals surface area contributed by atoms with Gasteiger partial charge in [0.2, 0.25) is 5.91 Å². The van der Waals surface area contributed by atoms with Crippen LogP contribution >= 0.6 is 15.9 Å². The van der Waals surface area contributed by atoms with Crippen LogP contribution in [0.4, 0.5) is 0 Å². The molecule has 0 radical (unpaired) electrons. The summed E-state index contributed by atoms with van der Waals surface area (Å²) >= 11 is 3.42. The molecular weight excluding hydrogens is 336 g/mol. The minimum atomic E-state index is -0.633. The lowest BCUT2D eigenvalue weighted by molar-refractivity contribution is -0.126. The summed E-state index contributed by atoms with van der Waals surface area (Å²) in [6, 6.07) is 1.75. The fraction of sp³-hybridized carbons (Fsp3) is 0.357. The van der Waals surface area contributed by atoms with Gasteiger partial charge in [0.05, 0.1) is 15.5 Å². The van der Waals surface area contributed by atoms with Crippen molar-refractivity contribution < 1.29 is 9.59 Å². The number of amides is 2. The van der Waals surface area contributed by atoms with Gasteiger partial charge in [0, 0.05) is 31.7 Å². The van der Waals surface area contributed by atoms with Gasteiger partial charge in [-0.3, -0.25) is 9.59 Å². The zero-order valence-electron chi connectivity index (χ0n) is 11.5. The molecule has 110 valence electrons. The number of likely N-dealkylation sites (tertiary alicyclic amines) is 1. The average Bonchev–Trinajstić information content (AvgIpc) is 3.05. The van der Waals surface area contributed by atoms with Crippen LogP contribution in [-0.2, 0) is 4.79 Å². The van der Waals surface area contributed by atoms with Gasteiger partial charge >= 0.3 is 0 Å². The van der Waals surface area contributed by atoms with E-state index < -0.39 is 5.41 Å². The molecule has 1 aliphatic rings. The SMILES string of the molecule is CC1(C(N)=O)CCN(C(=O)c2cc(Br)c3nccn3c2)C1. The molecule has 21 heavy (non-hydrogen) atoms. The molecule has 2 N–H and O–H groups in total. The van der Waals surface area contributed by atoms with Gasteiger partial charge < -0.3 is 15.0 Å².